The summed E-state index contributed by atoms with van der Waals surface area (Å²) in [5.41, 5.74) is 1.98. The number of carbonyl (C=O) groups excluding carboxylic acids is 1. The van der Waals surface area contributed by atoms with E-state index in [1.165, 1.54) is 11.3 Å². The number of benzene rings is 3. The molecule has 0 radical (unpaired) electrons. The summed E-state index contributed by atoms with van der Waals surface area (Å²) in [6.45, 7) is 0.174. The van der Waals surface area contributed by atoms with Crippen LogP contribution in [-0.4, -0.2) is 17.4 Å². The molecular weight excluding hydrogens is 390 g/mol. The Kier molecular flexibility index (Phi) is 5.55. The van der Waals surface area contributed by atoms with Gasteiger partial charge in [-0.05, 0) is 23.1 Å². The molecule has 0 aliphatic rings. The number of hydrogen-bond donors (Lipinski definition) is 2. The zero-order valence-electron chi connectivity index (χ0n) is 15.0. The molecule has 28 heavy (non-hydrogen) atoms. The van der Waals surface area contributed by atoms with Crippen molar-refractivity contribution in [1.29, 1.82) is 0 Å². The molecule has 0 aliphatic carbocycles. The molecule has 140 valence electrons. The van der Waals surface area contributed by atoms with Gasteiger partial charge in [0.2, 0.25) is 5.91 Å². The van der Waals surface area contributed by atoms with Crippen molar-refractivity contribution in [2.75, 3.05) is 17.2 Å². The van der Waals surface area contributed by atoms with Crippen molar-refractivity contribution in [2.45, 2.75) is 6.42 Å². The van der Waals surface area contributed by atoms with Crippen molar-refractivity contribution in [1.82, 2.24) is 4.98 Å². The van der Waals surface area contributed by atoms with E-state index >= 15 is 0 Å². The van der Waals surface area contributed by atoms with Crippen LogP contribution in [0.25, 0.3) is 10.8 Å². The first kappa shape index (κ1) is 18.5. The number of nitrogens with one attached hydrogen (secondary N) is 2. The lowest BCUT2D eigenvalue weighted by molar-refractivity contribution is -0.114. The lowest BCUT2D eigenvalue weighted by atomic mass is 10.1. The Morgan fingerprint density at radius 2 is 1.79 bits per heavy atom. The van der Waals surface area contributed by atoms with Crippen LogP contribution in [0.4, 0.5) is 10.8 Å². The quantitative estimate of drug-likeness (QED) is 0.438. The average Bonchev–Trinajstić information content (AvgIpc) is 3.15. The van der Waals surface area contributed by atoms with E-state index in [1.54, 1.807) is 6.20 Å². The monoisotopic (exact) mass is 407 g/mol. The molecule has 2 N–H and O–H groups in total. The van der Waals surface area contributed by atoms with Crippen LogP contribution < -0.4 is 10.6 Å². The summed E-state index contributed by atoms with van der Waals surface area (Å²) in [5, 5.41) is 9.62. The van der Waals surface area contributed by atoms with Crippen molar-refractivity contribution in [3.8, 4) is 0 Å². The summed E-state index contributed by atoms with van der Waals surface area (Å²) in [5.74, 6) is -0.133. The van der Waals surface area contributed by atoms with Gasteiger partial charge in [0.25, 0.3) is 0 Å². The Morgan fingerprint density at radius 1 is 1.00 bits per heavy atom. The van der Waals surface area contributed by atoms with E-state index in [2.05, 4.69) is 27.8 Å². The highest BCUT2D eigenvalue weighted by Crippen LogP contribution is 2.25. The molecule has 0 unspecified atom stereocenters. The van der Waals surface area contributed by atoms with E-state index in [9.17, 15) is 4.79 Å². The second-order valence-corrected chi connectivity index (χ2v) is 7.85. The molecule has 0 bridgehead atoms. The number of carbonyl (C=O) groups is 1. The fraction of sp³-hybridized carbons (Fsp3) is 0.0909. The molecule has 0 fully saturated rings. The Bertz CT molecular complexity index is 1120. The molecule has 3 aromatic carbocycles. The van der Waals surface area contributed by atoms with E-state index in [-0.39, 0.29) is 12.5 Å². The Hall–Kier alpha value is -2.89. The maximum atomic E-state index is 12.3. The highest BCUT2D eigenvalue weighted by Gasteiger charge is 2.09. The third-order valence-corrected chi connectivity index (χ3v) is 5.63. The van der Waals surface area contributed by atoms with Gasteiger partial charge in [0, 0.05) is 33.6 Å². The van der Waals surface area contributed by atoms with Gasteiger partial charge in [-0.2, -0.15) is 0 Å². The van der Waals surface area contributed by atoms with E-state index < -0.39 is 0 Å². The molecule has 4 rings (SSSR count). The number of rotatable bonds is 6. The molecule has 0 aliphatic heterocycles. The molecule has 1 heterocycles. The van der Waals surface area contributed by atoms with Gasteiger partial charge in [-0.15, -0.1) is 11.3 Å². The first-order chi connectivity index (χ1) is 13.7. The van der Waals surface area contributed by atoms with Gasteiger partial charge in [0.15, 0.2) is 5.13 Å². The molecule has 0 saturated heterocycles. The summed E-state index contributed by atoms with van der Waals surface area (Å²) < 4.78 is 0. The maximum Gasteiger partial charge on any atom is 0.245 e. The topological polar surface area (TPSA) is 54.0 Å². The minimum absolute atomic E-state index is 0.133. The lowest BCUT2D eigenvalue weighted by Crippen LogP contribution is -2.21. The van der Waals surface area contributed by atoms with Crippen molar-refractivity contribution in [3.63, 3.8) is 0 Å². The summed E-state index contributed by atoms with van der Waals surface area (Å²) in [6.07, 6.45) is 2.48. The van der Waals surface area contributed by atoms with E-state index in [0.29, 0.717) is 11.6 Å². The zero-order valence-corrected chi connectivity index (χ0v) is 16.6. The SMILES string of the molecule is O=C(CNc1cccc2ccccc12)Nc1ncc(Cc2ccccc2Cl)s1. The fourth-order valence-corrected chi connectivity index (χ4v) is 4.05. The number of hydrogen-bond acceptors (Lipinski definition) is 4. The summed E-state index contributed by atoms with van der Waals surface area (Å²) in [4.78, 5) is 17.7. The smallest absolute Gasteiger partial charge is 0.245 e. The van der Waals surface area contributed by atoms with Gasteiger partial charge in [0.1, 0.15) is 0 Å². The third kappa shape index (κ3) is 4.32. The molecule has 4 aromatic rings. The Labute approximate surface area is 172 Å². The molecule has 0 spiro atoms. The third-order valence-electron chi connectivity index (χ3n) is 4.35. The summed E-state index contributed by atoms with van der Waals surface area (Å²) >= 11 is 7.67. The average molecular weight is 408 g/mol. The van der Waals surface area contributed by atoms with Gasteiger partial charge < -0.3 is 10.6 Å². The molecule has 0 saturated carbocycles. The predicted octanol–water partition coefficient (Wildman–Crippen LogP) is 5.59. The Morgan fingerprint density at radius 3 is 2.68 bits per heavy atom. The normalized spacial score (nSPS) is 10.8. The van der Waals surface area contributed by atoms with Crippen LogP contribution >= 0.6 is 22.9 Å². The number of fused-ring (bicyclic) bond motifs is 1. The summed E-state index contributed by atoms with van der Waals surface area (Å²) in [6, 6.07) is 21.8. The molecule has 1 aromatic heterocycles. The second-order valence-electron chi connectivity index (χ2n) is 6.33. The minimum Gasteiger partial charge on any atom is -0.376 e. The number of thiazole rings is 1. The molecular formula is C22H18ClN3OS. The van der Waals surface area contributed by atoms with Crippen LogP contribution in [0.2, 0.25) is 5.02 Å². The van der Waals surface area contributed by atoms with Gasteiger partial charge >= 0.3 is 0 Å². The molecule has 1 amide bonds. The largest absolute Gasteiger partial charge is 0.376 e. The minimum atomic E-state index is -0.133. The summed E-state index contributed by atoms with van der Waals surface area (Å²) in [7, 11) is 0. The highest BCUT2D eigenvalue weighted by atomic mass is 35.5. The van der Waals surface area contributed by atoms with Gasteiger partial charge in [-0.3, -0.25) is 4.79 Å². The predicted molar refractivity (Wildman–Crippen MR) is 117 cm³/mol. The highest BCUT2D eigenvalue weighted by molar-refractivity contribution is 7.15. The number of aromatic nitrogens is 1. The maximum absolute atomic E-state index is 12.3. The standard InChI is InChI=1S/C22H18ClN3OS/c23-19-10-4-2-7-16(19)12-17-13-25-22(28-17)26-21(27)14-24-20-11-5-8-15-6-1-3-9-18(15)20/h1-11,13,24H,12,14H2,(H,25,26,27). The first-order valence-corrected chi connectivity index (χ1v) is 10.1. The lowest BCUT2D eigenvalue weighted by Gasteiger charge is -2.09. The van der Waals surface area contributed by atoms with Gasteiger partial charge in [0.05, 0.1) is 6.54 Å². The van der Waals surface area contributed by atoms with Crippen LogP contribution in [0.5, 0.6) is 0 Å². The number of amides is 1. The van der Waals surface area contributed by atoms with Crippen molar-refractivity contribution < 1.29 is 4.79 Å². The van der Waals surface area contributed by atoms with Gasteiger partial charge in [-0.1, -0.05) is 66.2 Å². The number of nitrogens with zero attached hydrogens (tertiary/aromatic N) is 1. The van der Waals surface area contributed by atoms with Crippen LogP contribution in [0.3, 0.4) is 0 Å². The van der Waals surface area contributed by atoms with Crippen LogP contribution in [0, 0.1) is 0 Å². The van der Waals surface area contributed by atoms with Crippen molar-refractivity contribution in [2.24, 2.45) is 0 Å². The van der Waals surface area contributed by atoms with Gasteiger partial charge in [-0.25, -0.2) is 4.98 Å². The fourth-order valence-electron chi connectivity index (χ4n) is 3.00. The second kappa shape index (κ2) is 8.42. The van der Waals surface area contributed by atoms with Crippen molar-refractivity contribution >= 4 is 50.4 Å². The first-order valence-electron chi connectivity index (χ1n) is 8.88. The van der Waals surface area contributed by atoms with E-state index in [1.807, 2.05) is 54.6 Å². The van der Waals surface area contributed by atoms with Crippen molar-refractivity contribution in [3.05, 3.63) is 88.4 Å². The Balaban J connectivity index is 1.37. The van der Waals surface area contributed by atoms with Crippen LogP contribution in [0.15, 0.2) is 72.9 Å². The zero-order chi connectivity index (χ0) is 19.3. The molecule has 6 heteroatoms. The number of halogens is 1. The van der Waals surface area contributed by atoms with E-state index in [4.69, 9.17) is 11.6 Å². The van der Waals surface area contributed by atoms with E-state index in [0.717, 1.165) is 31.9 Å². The number of anilines is 2. The molecule has 0 atom stereocenters. The molecule has 4 nitrogen and oxygen atoms in total. The van der Waals surface area contributed by atoms with Crippen LogP contribution in [-0.2, 0) is 11.2 Å². The van der Waals surface area contributed by atoms with Crippen LogP contribution in [0.1, 0.15) is 10.4 Å².